The summed E-state index contributed by atoms with van der Waals surface area (Å²) < 4.78 is 0. The van der Waals surface area contributed by atoms with Gasteiger partial charge in [0.05, 0.1) is 0 Å². The van der Waals surface area contributed by atoms with E-state index in [0.717, 1.165) is 19.5 Å². The maximum atomic E-state index is 6.55. The summed E-state index contributed by atoms with van der Waals surface area (Å²) in [6.45, 7) is 5.78. The van der Waals surface area contributed by atoms with Crippen LogP contribution in [0.4, 0.5) is 5.69 Å². The van der Waals surface area contributed by atoms with Crippen LogP contribution in [0.1, 0.15) is 49.8 Å². The maximum absolute atomic E-state index is 6.55. The standard InChI is InChI=1S/C18H29N3/c1-3-10-21-11-5-4-6-16(19)18(21)15-7-8-17-14(13-15)9-12-20(17)2/h7-8,13,16,18H,3-6,9-12,19H2,1-2H3. The summed E-state index contributed by atoms with van der Waals surface area (Å²) >= 11 is 0. The molecule has 1 saturated heterocycles. The first-order valence-electron chi connectivity index (χ1n) is 8.54. The highest BCUT2D eigenvalue weighted by atomic mass is 15.2. The van der Waals surface area contributed by atoms with Crippen molar-refractivity contribution in [1.29, 1.82) is 0 Å². The minimum Gasteiger partial charge on any atom is -0.374 e. The second-order valence-electron chi connectivity index (χ2n) is 6.70. The summed E-state index contributed by atoms with van der Waals surface area (Å²) in [6, 6.07) is 7.73. The van der Waals surface area contributed by atoms with Crippen LogP contribution in [0.3, 0.4) is 0 Å². The number of likely N-dealkylation sites (tertiary alicyclic amines) is 1. The van der Waals surface area contributed by atoms with Crippen LogP contribution in [0, 0.1) is 0 Å². The Morgan fingerprint density at radius 3 is 2.90 bits per heavy atom. The normalized spacial score (nSPS) is 26.7. The maximum Gasteiger partial charge on any atom is 0.0499 e. The molecule has 116 valence electrons. The smallest absolute Gasteiger partial charge is 0.0499 e. The van der Waals surface area contributed by atoms with Crippen molar-refractivity contribution in [3.8, 4) is 0 Å². The monoisotopic (exact) mass is 287 g/mol. The molecule has 3 nitrogen and oxygen atoms in total. The van der Waals surface area contributed by atoms with Crippen molar-refractivity contribution in [3.05, 3.63) is 29.3 Å². The van der Waals surface area contributed by atoms with Crippen LogP contribution < -0.4 is 10.6 Å². The summed E-state index contributed by atoms with van der Waals surface area (Å²) in [5.74, 6) is 0. The van der Waals surface area contributed by atoms with Gasteiger partial charge in [-0.05, 0) is 56.0 Å². The van der Waals surface area contributed by atoms with E-state index in [1.807, 2.05) is 0 Å². The van der Waals surface area contributed by atoms with E-state index < -0.39 is 0 Å². The average Bonchev–Trinajstić information content (AvgIpc) is 2.74. The summed E-state index contributed by atoms with van der Waals surface area (Å²) in [5.41, 5.74) is 10.9. The van der Waals surface area contributed by atoms with Crippen LogP contribution in [0.25, 0.3) is 0 Å². The molecule has 2 unspecified atom stereocenters. The minimum atomic E-state index is 0.274. The Morgan fingerprint density at radius 1 is 1.24 bits per heavy atom. The van der Waals surface area contributed by atoms with Gasteiger partial charge in [-0.3, -0.25) is 4.90 Å². The van der Waals surface area contributed by atoms with Crippen molar-refractivity contribution in [3.63, 3.8) is 0 Å². The molecule has 1 aromatic rings. The highest BCUT2D eigenvalue weighted by molar-refractivity contribution is 5.58. The first-order valence-corrected chi connectivity index (χ1v) is 8.54. The third kappa shape index (κ3) is 2.95. The van der Waals surface area contributed by atoms with E-state index >= 15 is 0 Å². The van der Waals surface area contributed by atoms with Gasteiger partial charge >= 0.3 is 0 Å². The van der Waals surface area contributed by atoms with Crippen LogP contribution in [0.15, 0.2) is 18.2 Å². The molecule has 2 heterocycles. The highest BCUT2D eigenvalue weighted by Gasteiger charge is 2.29. The molecule has 3 rings (SSSR count). The molecule has 0 amide bonds. The summed E-state index contributed by atoms with van der Waals surface area (Å²) in [5, 5.41) is 0. The summed E-state index contributed by atoms with van der Waals surface area (Å²) in [6.07, 6.45) is 6.09. The molecule has 2 aliphatic heterocycles. The van der Waals surface area contributed by atoms with Crippen LogP contribution in [-0.4, -0.2) is 37.6 Å². The fourth-order valence-electron chi connectivity index (χ4n) is 4.03. The predicted molar refractivity (Wildman–Crippen MR) is 89.8 cm³/mol. The largest absolute Gasteiger partial charge is 0.374 e. The van der Waals surface area contributed by atoms with Gasteiger partial charge in [0.1, 0.15) is 0 Å². The van der Waals surface area contributed by atoms with Crippen LogP contribution >= 0.6 is 0 Å². The zero-order valence-electron chi connectivity index (χ0n) is 13.5. The van der Waals surface area contributed by atoms with E-state index in [9.17, 15) is 0 Å². The first kappa shape index (κ1) is 14.9. The third-order valence-corrected chi connectivity index (χ3v) is 5.12. The number of anilines is 1. The molecule has 0 aliphatic carbocycles. The van der Waals surface area contributed by atoms with E-state index in [1.54, 1.807) is 0 Å². The summed E-state index contributed by atoms with van der Waals surface area (Å²) in [7, 11) is 2.19. The fraction of sp³-hybridized carbons (Fsp3) is 0.667. The van der Waals surface area contributed by atoms with Gasteiger partial charge in [-0.25, -0.2) is 0 Å². The molecular formula is C18H29N3. The molecular weight excluding hydrogens is 258 g/mol. The molecule has 2 N–H and O–H groups in total. The lowest BCUT2D eigenvalue weighted by Crippen LogP contribution is -2.40. The van der Waals surface area contributed by atoms with E-state index in [2.05, 4.69) is 42.0 Å². The van der Waals surface area contributed by atoms with Crippen molar-refractivity contribution in [2.24, 2.45) is 5.73 Å². The molecule has 0 saturated carbocycles. The van der Waals surface area contributed by atoms with E-state index in [1.165, 1.54) is 49.0 Å². The quantitative estimate of drug-likeness (QED) is 0.928. The van der Waals surface area contributed by atoms with Gasteiger partial charge in [0.2, 0.25) is 0 Å². The zero-order chi connectivity index (χ0) is 14.8. The van der Waals surface area contributed by atoms with Gasteiger partial charge < -0.3 is 10.6 Å². The Morgan fingerprint density at radius 2 is 2.10 bits per heavy atom. The van der Waals surface area contributed by atoms with Crippen LogP contribution in [0.2, 0.25) is 0 Å². The van der Waals surface area contributed by atoms with Gasteiger partial charge in [0, 0.05) is 31.4 Å². The lowest BCUT2D eigenvalue weighted by atomic mass is 9.94. The van der Waals surface area contributed by atoms with Gasteiger partial charge in [-0.2, -0.15) is 0 Å². The number of hydrogen-bond donors (Lipinski definition) is 1. The molecule has 0 aromatic heterocycles. The molecule has 21 heavy (non-hydrogen) atoms. The van der Waals surface area contributed by atoms with Gasteiger partial charge in [-0.15, -0.1) is 0 Å². The Labute approximate surface area is 129 Å². The number of nitrogens with two attached hydrogens (primary N) is 1. The lowest BCUT2D eigenvalue weighted by molar-refractivity contribution is 0.186. The molecule has 1 fully saturated rings. The van der Waals surface area contributed by atoms with Crippen molar-refractivity contribution in [1.82, 2.24) is 4.90 Å². The number of likely N-dealkylation sites (N-methyl/N-ethyl adjacent to an activating group) is 1. The predicted octanol–water partition coefficient (Wildman–Crippen LogP) is 2.94. The SMILES string of the molecule is CCCN1CCCCC(N)C1c1ccc2c(c1)CCN2C. The number of benzene rings is 1. The molecule has 3 heteroatoms. The van der Waals surface area contributed by atoms with E-state index in [4.69, 9.17) is 5.73 Å². The number of fused-ring (bicyclic) bond motifs is 1. The Hall–Kier alpha value is -1.06. The van der Waals surface area contributed by atoms with E-state index in [0.29, 0.717) is 6.04 Å². The van der Waals surface area contributed by atoms with Crippen LogP contribution in [0.5, 0.6) is 0 Å². The summed E-state index contributed by atoms with van der Waals surface area (Å²) in [4.78, 5) is 4.98. The van der Waals surface area contributed by atoms with Crippen molar-refractivity contribution >= 4 is 5.69 Å². The van der Waals surface area contributed by atoms with Crippen molar-refractivity contribution in [2.45, 2.75) is 51.1 Å². The van der Waals surface area contributed by atoms with Crippen LogP contribution in [-0.2, 0) is 6.42 Å². The van der Waals surface area contributed by atoms with Gasteiger partial charge in [0.15, 0.2) is 0 Å². The fourth-order valence-corrected chi connectivity index (χ4v) is 4.03. The molecule has 0 radical (unpaired) electrons. The highest BCUT2D eigenvalue weighted by Crippen LogP contribution is 2.34. The first-order chi connectivity index (χ1) is 10.2. The van der Waals surface area contributed by atoms with Crippen molar-refractivity contribution in [2.75, 3.05) is 31.6 Å². The number of rotatable bonds is 3. The average molecular weight is 287 g/mol. The number of nitrogens with zero attached hydrogens (tertiary/aromatic N) is 2. The van der Waals surface area contributed by atoms with Gasteiger partial charge in [-0.1, -0.05) is 25.5 Å². The Balaban J connectivity index is 1.91. The molecule has 1 aromatic carbocycles. The second-order valence-corrected chi connectivity index (χ2v) is 6.70. The van der Waals surface area contributed by atoms with Crippen molar-refractivity contribution < 1.29 is 0 Å². The molecule has 2 atom stereocenters. The molecule has 0 spiro atoms. The lowest BCUT2D eigenvalue weighted by Gasteiger charge is -2.34. The Bertz CT molecular complexity index is 485. The van der Waals surface area contributed by atoms with Gasteiger partial charge in [0.25, 0.3) is 0 Å². The van der Waals surface area contributed by atoms with E-state index in [-0.39, 0.29) is 6.04 Å². The molecule has 0 bridgehead atoms. The second kappa shape index (κ2) is 6.37. The zero-order valence-corrected chi connectivity index (χ0v) is 13.5. The number of hydrogen-bond acceptors (Lipinski definition) is 3. The third-order valence-electron chi connectivity index (χ3n) is 5.12. The topological polar surface area (TPSA) is 32.5 Å². The Kier molecular flexibility index (Phi) is 4.51. The molecule has 2 aliphatic rings. The minimum absolute atomic E-state index is 0.274.